The lowest BCUT2D eigenvalue weighted by atomic mass is 9.78. The van der Waals surface area contributed by atoms with Crippen LogP contribution in [-0.2, 0) is 15.9 Å². The van der Waals surface area contributed by atoms with Crippen LogP contribution in [0.1, 0.15) is 33.3 Å². The van der Waals surface area contributed by atoms with Gasteiger partial charge < -0.3 is 14.0 Å². The van der Waals surface area contributed by atoms with Gasteiger partial charge in [-0.25, -0.2) is 8.78 Å². The van der Waals surface area contributed by atoms with Crippen molar-refractivity contribution in [2.45, 2.75) is 45.5 Å². The molecule has 0 saturated carbocycles. The molecule has 0 aromatic heterocycles. The summed E-state index contributed by atoms with van der Waals surface area (Å²) in [4.78, 5) is 0. The van der Waals surface area contributed by atoms with Crippen LogP contribution >= 0.6 is 0 Å². The molecule has 3 rings (SSSR count). The summed E-state index contributed by atoms with van der Waals surface area (Å²) in [6.07, 6.45) is 0. The largest absolute Gasteiger partial charge is 0.498 e. The highest BCUT2D eigenvalue weighted by Crippen LogP contribution is 2.37. The molecule has 0 bridgehead atoms. The molecule has 1 saturated heterocycles. The van der Waals surface area contributed by atoms with Crippen LogP contribution in [0.15, 0.2) is 42.5 Å². The fourth-order valence-electron chi connectivity index (χ4n) is 2.57. The third-order valence-corrected chi connectivity index (χ3v) is 4.80. The van der Waals surface area contributed by atoms with Crippen molar-refractivity contribution in [3.8, 4) is 5.75 Å². The third kappa shape index (κ3) is 3.55. The monoisotopic (exact) mass is 346 g/mol. The van der Waals surface area contributed by atoms with Crippen LogP contribution in [0.4, 0.5) is 8.78 Å². The minimum Gasteiger partial charge on any atom is -0.489 e. The van der Waals surface area contributed by atoms with Crippen molar-refractivity contribution in [1.82, 2.24) is 0 Å². The van der Waals surface area contributed by atoms with Crippen molar-refractivity contribution in [1.29, 1.82) is 0 Å². The van der Waals surface area contributed by atoms with E-state index in [4.69, 9.17) is 14.0 Å². The summed E-state index contributed by atoms with van der Waals surface area (Å²) in [5, 5.41) is 0. The lowest BCUT2D eigenvalue weighted by Gasteiger charge is -2.32. The van der Waals surface area contributed by atoms with Crippen molar-refractivity contribution < 1.29 is 22.8 Å². The van der Waals surface area contributed by atoms with E-state index in [2.05, 4.69) is 0 Å². The lowest BCUT2D eigenvalue weighted by molar-refractivity contribution is 0.00578. The smallest absolute Gasteiger partial charge is 0.489 e. The molecule has 0 amide bonds. The minimum absolute atomic E-state index is 0.119. The standard InChI is InChI=1S/C19H21BF2O3/c1-18(2)19(3,4)25-20(24-18)14-7-5-6-8-17(14)23-12-13-9-10-15(21)16(22)11-13/h5-11H,12H2,1-4H3. The van der Waals surface area contributed by atoms with Gasteiger partial charge in [0.1, 0.15) is 12.4 Å². The molecule has 1 aliphatic rings. The zero-order valence-corrected chi connectivity index (χ0v) is 14.8. The highest BCUT2D eigenvalue weighted by Gasteiger charge is 2.52. The molecule has 0 aliphatic carbocycles. The summed E-state index contributed by atoms with van der Waals surface area (Å²) in [5.41, 5.74) is 0.404. The van der Waals surface area contributed by atoms with Gasteiger partial charge in [-0.15, -0.1) is 0 Å². The Bertz CT molecular complexity index is 761. The maximum Gasteiger partial charge on any atom is 0.498 e. The van der Waals surface area contributed by atoms with Crippen molar-refractivity contribution in [2.75, 3.05) is 0 Å². The Kier molecular flexibility index (Phi) is 4.60. The molecule has 0 N–H and O–H groups in total. The van der Waals surface area contributed by atoms with Crippen LogP contribution in [-0.4, -0.2) is 18.3 Å². The highest BCUT2D eigenvalue weighted by atomic mass is 19.2. The van der Waals surface area contributed by atoms with Crippen LogP contribution in [0.3, 0.4) is 0 Å². The summed E-state index contributed by atoms with van der Waals surface area (Å²) in [6, 6.07) is 11.1. The molecular formula is C19H21BF2O3. The molecule has 25 heavy (non-hydrogen) atoms. The molecule has 0 radical (unpaired) electrons. The number of hydrogen-bond donors (Lipinski definition) is 0. The molecule has 0 unspecified atom stereocenters. The van der Waals surface area contributed by atoms with E-state index < -0.39 is 30.0 Å². The molecule has 1 heterocycles. The van der Waals surface area contributed by atoms with Gasteiger partial charge in [-0.3, -0.25) is 0 Å². The normalized spacial score (nSPS) is 18.4. The first-order valence-electron chi connectivity index (χ1n) is 8.21. The number of benzene rings is 2. The Morgan fingerprint density at radius 1 is 0.920 bits per heavy atom. The van der Waals surface area contributed by atoms with Gasteiger partial charge >= 0.3 is 7.12 Å². The predicted molar refractivity (Wildman–Crippen MR) is 92.8 cm³/mol. The SMILES string of the molecule is CC1(C)OB(c2ccccc2OCc2ccc(F)c(F)c2)OC1(C)C. The molecule has 0 spiro atoms. The predicted octanol–water partition coefficient (Wildman–Crippen LogP) is 3.84. The second kappa shape index (κ2) is 6.43. The zero-order valence-electron chi connectivity index (χ0n) is 14.8. The molecule has 0 atom stereocenters. The summed E-state index contributed by atoms with van der Waals surface area (Å²) in [5.74, 6) is -1.17. The molecular weight excluding hydrogens is 325 g/mol. The first kappa shape index (κ1) is 17.9. The Morgan fingerprint density at radius 2 is 1.56 bits per heavy atom. The van der Waals surface area contributed by atoms with Crippen LogP contribution in [0.5, 0.6) is 5.75 Å². The van der Waals surface area contributed by atoms with Gasteiger partial charge in [0.25, 0.3) is 0 Å². The molecule has 2 aromatic rings. The first-order chi connectivity index (χ1) is 11.7. The fraction of sp³-hybridized carbons (Fsp3) is 0.368. The van der Waals surface area contributed by atoms with E-state index in [0.717, 1.165) is 17.6 Å². The van der Waals surface area contributed by atoms with Gasteiger partial charge in [-0.2, -0.15) is 0 Å². The fourth-order valence-corrected chi connectivity index (χ4v) is 2.57. The van der Waals surface area contributed by atoms with Gasteiger partial charge in [0.05, 0.1) is 11.2 Å². The molecule has 3 nitrogen and oxygen atoms in total. The molecule has 6 heteroatoms. The number of rotatable bonds is 4. The quantitative estimate of drug-likeness (QED) is 0.788. The average Bonchev–Trinajstić information content (AvgIpc) is 2.77. The van der Waals surface area contributed by atoms with E-state index in [-0.39, 0.29) is 6.61 Å². The first-order valence-corrected chi connectivity index (χ1v) is 8.21. The van der Waals surface area contributed by atoms with Crippen LogP contribution in [0, 0.1) is 11.6 Å². The molecule has 2 aromatic carbocycles. The van der Waals surface area contributed by atoms with Crippen molar-refractivity contribution in [2.24, 2.45) is 0 Å². The van der Waals surface area contributed by atoms with Crippen molar-refractivity contribution >= 4 is 12.6 Å². The lowest BCUT2D eigenvalue weighted by Crippen LogP contribution is -2.41. The van der Waals surface area contributed by atoms with Crippen LogP contribution < -0.4 is 10.2 Å². The summed E-state index contributed by atoms with van der Waals surface area (Å²) >= 11 is 0. The van der Waals surface area contributed by atoms with Gasteiger partial charge in [0.2, 0.25) is 0 Å². The van der Waals surface area contributed by atoms with E-state index in [1.54, 1.807) is 6.07 Å². The molecule has 1 aliphatic heterocycles. The van der Waals surface area contributed by atoms with E-state index in [0.29, 0.717) is 11.3 Å². The third-order valence-electron chi connectivity index (χ3n) is 4.80. The van der Waals surface area contributed by atoms with Crippen LogP contribution in [0.2, 0.25) is 0 Å². The summed E-state index contributed by atoms with van der Waals surface area (Å²) in [7, 11) is -0.550. The Labute approximate surface area is 147 Å². The maximum absolute atomic E-state index is 13.3. The highest BCUT2D eigenvalue weighted by molar-refractivity contribution is 6.63. The number of para-hydroxylation sites is 1. The van der Waals surface area contributed by atoms with E-state index in [1.165, 1.54) is 6.07 Å². The number of halogens is 2. The van der Waals surface area contributed by atoms with E-state index in [1.807, 2.05) is 45.9 Å². The van der Waals surface area contributed by atoms with Gasteiger partial charge in [-0.05, 0) is 51.5 Å². The second-order valence-electron chi connectivity index (χ2n) is 7.16. The summed E-state index contributed by atoms with van der Waals surface area (Å²) in [6.45, 7) is 8.05. The number of hydrogen-bond acceptors (Lipinski definition) is 3. The van der Waals surface area contributed by atoms with Crippen LogP contribution in [0.25, 0.3) is 0 Å². The Morgan fingerprint density at radius 3 is 2.20 bits per heavy atom. The Hall–Kier alpha value is -1.92. The van der Waals surface area contributed by atoms with Crippen molar-refractivity contribution in [3.63, 3.8) is 0 Å². The number of ether oxygens (including phenoxy) is 1. The molecule has 132 valence electrons. The van der Waals surface area contributed by atoms with Crippen molar-refractivity contribution in [3.05, 3.63) is 59.7 Å². The topological polar surface area (TPSA) is 27.7 Å². The average molecular weight is 346 g/mol. The van der Waals surface area contributed by atoms with E-state index in [9.17, 15) is 8.78 Å². The molecule has 1 fully saturated rings. The van der Waals surface area contributed by atoms with Gasteiger partial charge in [0.15, 0.2) is 11.6 Å². The van der Waals surface area contributed by atoms with Gasteiger partial charge in [-0.1, -0.05) is 24.3 Å². The van der Waals surface area contributed by atoms with Gasteiger partial charge in [0, 0.05) is 5.46 Å². The van der Waals surface area contributed by atoms with E-state index >= 15 is 0 Å². The maximum atomic E-state index is 13.3. The zero-order chi connectivity index (χ0) is 18.2. The minimum atomic E-state index is -0.889. The second-order valence-corrected chi connectivity index (χ2v) is 7.16. The Balaban J connectivity index is 1.79. The summed E-state index contributed by atoms with van der Waals surface area (Å²) < 4.78 is 44.3.